The van der Waals surface area contributed by atoms with Crippen LogP contribution in [0.1, 0.15) is 34.0 Å². The molecular formula is C29H27NO4. The molecule has 3 aromatic carbocycles. The third kappa shape index (κ3) is 4.27. The summed E-state index contributed by atoms with van der Waals surface area (Å²) < 4.78 is 11.8. The Morgan fingerprint density at radius 3 is 2.26 bits per heavy atom. The Morgan fingerprint density at radius 2 is 1.65 bits per heavy atom. The zero-order valence-electron chi connectivity index (χ0n) is 19.4. The lowest BCUT2D eigenvalue weighted by Gasteiger charge is -2.32. The number of morpholine rings is 1. The first-order valence-electron chi connectivity index (χ1n) is 11.6. The van der Waals surface area contributed by atoms with E-state index >= 15 is 0 Å². The van der Waals surface area contributed by atoms with Crippen molar-refractivity contribution in [2.45, 2.75) is 20.0 Å². The van der Waals surface area contributed by atoms with Crippen LogP contribution in [-0.4, -0.2) is 49.0 Å². The van der Waals surface area contributed by atoms with Gasteiger partial charge in [-0.05, 0) is 65.4 Å². The van der Waals surface area contributed by atoms with E-state index < -0.39 is 0 Å². The van der Waals surface area contributed by atoms with E-state index in [-0.39, 0.29) is 17.8 Å². The van der Waals surface area contributed by atoms with E-state index in [2.05, 4.69) is 24.3 Å². The number of hydrogen-bond acceptors (Lipinski definition) is 4. The van der Waals surface area contributed by atoms with Crippen LogP contribution < -0.4 is 4.74 Å². The van der Waals surface area contributed by atoms with Gasteiger partial charge < -0.3 is 14.4 Å². The summed E-state index contributed by atoms with van der Waals surface area (Å²) in [6.45, 7) is 5.28. The van der Waals surface area contributed by atoms with E-state index in [1.54, 1.807) is 25.1 Å². The Bertz CT molecular complexity index is 1250. The summed E-state index contributed by atoms with van der Waals surface area (Å²) >= 11 is 0. The third-order valence-electron chi connectivity index (χ3n) is 6.46. The second kappa shape index (κ2) is 9.27. The minimum atomic E-state index is -0.216. The van der Waals surface area contributed by atoms with Crippen molar-refractivity contribution >= 4 is 17.3 Å². The first kappa shape index (κ1) is 22.1. The smallest absolute Gasteiger partial charge is 0.247 e. The Labute approximate surface area is 199 Å². The fraction of sp³-hybridized carbons (Fsp3) is 0.241. The molecule has 0 saturated carbocycles. The highest BCUT2D eigenvalue weighted by Gasteiger charge is 2.27. The van der Waals surface area contributed by atoms with Crippen molar-refractivity contribution in [3.63, 3.8) is 0 Å². The van der Waals surface area contributed by atoms with Gasteiger partial charge in [-0.2, -0.15) is 0 Å². The van der Waals surface area contributed by atoms with Crippen molar-refractivity contribution in [2.24, 2.45) is 0 Å². The molecule has 34 heavy (non-hydrogen) atoms. The van der Waals surface area contributed by atoms with Gasteiger partial charge in [0.25, 0.3) is 0 Å². The third-order valence-corrected chi connectivity index (χ3v) is 6.46. The lowest BCUT2D eigenvalue weighted by Crippen LogP contribution is -2.47. The highest BCUT2D eigenvalue weighted by Crippen LogP contribution is 2.43. The van der Waals surface area contributed by atoms with Crippen LogP contribution in [0.5, 0.6) is 5.75 Å². The normalized spacial score (nSPS) is 16.6. The van der Waals surface area contributed by atoms with Gasteiger partial charge in [-0.25, -0.2) is 0 Å². The predicted molar refractivity (Wildman–Crippen MR) is 132 cm³/mol. The Kier molecular flexibility index (Phi) is 6.03. The number of Topliss-reactive ketones (excluding diaryl/α,β-unsaturated/α-hetero) is 1. The van der Waals surface area contributed by atoms with Crippen LogP contribution in [0.15, 0.2) is 72.8 Å². The summed E-state index contributed by atoms with van der Waals surface area (Å²) in [5.74, 6) is 0.711. The van der Waals surface area contributed by atoms with Crippen molar-refractivity contribution in [3.8, 4) is 16.9 Å². The molecule has 1 aliphatic heterocycles. The number of amides is 1. The highest BCUT2D eigenvalue weighted by atomic mass is 16.5. The molecule has 5 heteroatoms. The van der Waals surface area contributed by atoms with Crippen molar-refractivity contribution in [1.82, 2.24) is 4.90 Å². The number of benzene rings is 3. The first-order chi connectivity index (χ1) is 16.5. The monoisotopic (exact) mass is 453 g/mol. The lowest BCUT2D eigenvalue weighted by atomic mass is 10.0. The van der Waals surface area contributed by atoms with Crippen molar-refractivity contribution in [1.29, 1.82) is 0 Å². The molecule has 0 bridgehead atoms. The summed E-state index contributed by atoms with van der Waals surface area (Å²) in [6, 6.07) is 21.9. The molecule has 1 heterocycles. The molecule has 1 aliphatic carbocycles. The fourth-order valence-corrected chi connectivity index (χ4v) is 4.75. The minimum Gasteiger partial charge on any atom is -0.491 e. The van der Waals surface area contributed by atoms with E-state index in [9.17, 15) is 9.59 Å². The number of carbonyl (C=O) groups is 2. The number of hydrogen-bond donors (Lipinski definition) is 0. The number of ether oxygens (including phenoxy) is 2. The number of ketones is 1. The maximum absolute atomic E-state index is 13.3. The number of aryl methyl sites for hydroxylation is 1. The van der Waals surface area contributed by atoms with Gasteiger partial charge in [0.2, 0.25) is 5.91 Å². The number of fused-ring (bicyclic) bond motifs is 3. The molecule has 5 rings (SSSR count). The van der Waals surface area contributed by atoms with Crippen molar-refractivity contribution in [2.75, 3.05) is 26.3 Å². The van der Waals surface area contributed by atoms with Crippen LogP contribution in [0, 0.1) is 6.92 Å². The van der Waals surface area contributed by atoms with E-state index in [1.807, 2.05) is 42.2 Å². The maximum Gasteiger partial charge on any atom is 0.247 e. The molecule has 1 saturated heterocycles. The van der Waals surface area contributed by atoms with E-state index in [4.69, 9.17) is 9.47 Å². The summed E-state index contributed by atoms with van der Waals surface area (Å²) in [5.41, 5.74) is 7.06. The van der Waals surface area contributed by atoms with Crippen LogP contribution >= 0.6 is 0 Å². The Morgan fingerprint density at radius 1 is 1.00 bits per heavy atom. The number of rotatable bonds is 5. The first-order valence-corrected chi connectivity index (χ1v) is 11.6. The molecule has 0 N–H and O–H groups in total. The van der Waals surface area contributed by atoms with E-state index in [0.717, 1.165) is 33.4 Å². The molecule has 0 aromatic heterocycles. The zero-order valence-corrected chi connectivity index (χ0v) is 19.4. The number of carbonyl (C=O) groups excluding carboxylic acids is 2. The summed E-state index contributed by atoms with van der Waals surface area (Å²) in [7, 11) is 0. The van der Waals surface area contributed by atoms with Gasteiger partial charge in [-0.1, -0.05) is 48.5 Å². The fourth-order valence-electron chi connectivity index (χ4n) is 4.75. The maximum atomic E-state index is 13.3. The molecular weight excluding hydrogens is 426 g/mol. The minimum absolute atomic E-state index is 0.0172. The topological polar surface area (TPSA) is 55.8 Å². The summed E-state index contributed by atoms with van der Waals surface area (Å²) in [6.07, 6.45) is 1.55. The van der Waals surface area contributed by atoms with Gasteiger partial charge in [0.1, 0.15) is 18.5 Å². The molecule has 1 amide bonds. The quantitative estimate of drug-likeness (QED) is 0.318. The highest BCUT2D eigenvalue weighted by molar-refractivity contribution is 6.08. The van der Waals surface area contributed by atoms with Gasteiger partial charge >= 0.3 is 0 Å². The van der Waals surface area contributed by atoms with Crippen LogP contribution in [0.4, 0.5) is 0 Å². The van der Waals surface area contributed by atoms with E-state index in [1.165, 1.54) is 0 Å². The molecule has 0 spiro atoms. The largest absolute Gasteiger partial charge is 0.491 e. The summed E-state index contributed by atoms with van der Waals surface area (Å²) in [5, 5.41) is 0. The van der Waals surface area contributed by atoms with Gasteiger partial charge in [0.15, 0.2) is 5.78 Å². The average molecular weight is 454 g/mol. The standard InChI is InChI=1S/C29H27NO4/c1-19-15-21(11-12-23(19)20(2)31)34-18-22-17-30(13-14-33-22)29(32)16-28-26-9-5-3-7-24(26)25-8-4-6-10-27(25)28/h3-12,15-16,22H,13-14,17-18H2,1-2H3. The molecule has 0 radical (unpaired) electrons. The summed E-state index contributed by atoms with van der Waals surface area (Å²) in [4.78, 5) is 26.7. The molecule has 2 aliphatic rings. The van der Waals surface area contributed by atoms with Crippen molar-refractivity contribution < 1.29 is 19.1 Å². The molecule has 1 fully saturated rings. The van der Waals surface area contributed by atoms with Crippen LogP contribution in [0.2, 0.25) is 0 Å². The lowest BCUT2D eigenvalue weighted by molar-refractivity contribution is -0.134. The second-order valence-corrected chi connectivity index (χ2v) is 8.77. The molecule has 172 valence electrons. The molecule has 1 unspecified atom stereocenters. The Hall–Kier alpha value is -3.70. The average Bonchev–Trinajstić information content (AvgIpc) is 3.16. The van der Waals surface area contributed by atoms with Crippen LogP contribution in [-0.2, 0) is 9.53 Å². The van der Waals surface area contributed by atoms with Crippen molar-refractivity contribution in [3.05, 3.63) is 95.1 Å². The van der Waals surface area contributed by atoms with Gasteiger partial charge in [0, 0.05) is 18.2 Å². The predicted octanol–water partition coefficient (Wildman–Crippen LogP) is 4.92. The van der Waals surface area contributed by atoms with Crippen LogP contribution in [0.25, 0.3) is 16.7 Å². The zero-order chi connectivity index (χ0) is 23.7. The molecule has 1 atom stereocenters. The second-order valence-electron chi connectivity index (χ2n) is 8.77. The van der Waals surface area contributed by atoms with Gasteiger partial charge in [-0.3, -0.25) is 9.59 Å². The number of nitrogens with zero attached hydrogens (tertiary/aromatic N) is 1. The molecule has 3 aromatic rings. The van der Waals surface area contributed by atoms with Crippen LogP contribution in [0.3, 0.4) is 0 Å². The van der Waals surface area contributed by atoms with E-state index in [0.29, 0.717) is 37.6 Å². The Balaban J connectivity index is 1.28. The SMILES string of the molecule is CC(=O)c1ccc(OCC2CN(C(=O)C=C3c4ccccc4-c4ccccc43)CCO2)cc1C. The molecule has 5 nitrogen and oxygen atoms in total. The van der Waals surface area contributed by atoms with Gasteiger partial charge in [-0.15, -0.1) is 0 Å². The van der Waals surface area contributed by atoms with Gasteiger partial charge in [0.05, 0.1) is 13.2 Å².